The molecule has 0 saturated carbocycles. The van der Waals surface area contributed by atoms with E-state index in [4.69, 9.17) is 61.6 Å². The molecule has 2 aromatic carbocycles. The molecule has 0 bridgehead atoms. The molecule has 444 valence electrons. The second-order valence-corrected chi connectivity index (χ2v) is 24.3. The number of para-hydroxylation sites is 2. The van der Waals surface area contributed by atoms with Crippen molar-refractivity contribution in [1.82, 2.24) is 38.7 Å². The molecule has 4 atom stereocenters. The number of methoxy groups -OCH3 is 4. The van der Waals surface area contributed by atoms with Gasteiger partial charge in [0.15, 0.2) is 11.6 Å². The number of aromatic nitrogens is 4. The fourth-order valence-corrected chi connectivity index (χ4v) is 10.6. The first-order chi connectivity index (χ1) is 37.7. The normalized spacial score (nSPS) is 17.8. The fraction of sp³-hybridized carbons (Fsp3) is 0.655. The van der Waals surface area contributed by atoms with Crippen LogP contribution in [0, 0.1) is 23.7 Å². The highest BCUT2D eigenvalue weighted by Gasteiger charge is 2.43. The van der Waals surface area contributed by atoms with Crippen molar-refractivity contribution in [2.45, 2.75) is 144 Å². The molecule has 0 aliphatic carbocycles. The lowest BCUT2D eigenvalue weighted by Crippen LogP contribution is -2.57. The molecule has 22 heteroatoms. The van der Waals surface area contributed by atoms with Gasteiger partial charge >= 0.3 is 24.1 Å². The molecule has 0 N–H and O–H groups in total. The van der Waals surface area contributed by atoms with Crippen LogP contribution in [0.1, 0.15) is 129 Å². The molecule has 6 rings (SSSR count). The summed E-state index contributed by atoms with van der Waals surface area (Å²) in [4.78, 5) is 96.2. The second kappa shape index (κ2) is 29.3. The van der Waals surface area contributed by atoms with Crippen molar-refractivity contribution in [3.63, 3.8) is 0 Å². The standard InChI is InChI=1S/2C29H43ClN4O6/c1-19(2)16-34(21-15-20(27(36)39-7)17-32(18-21)28(37)40-29(3,4)5)26(35)25-31-24-22(30)11-10-12-23(24)33(25)13-8-9-14-38-6;1-19(2)16-34(21-15-20(27(36)39-7)17-32(18-21)28(37)40-29(3,4)5)26(35)25-31-23-12-10-11-22(30)24(23)33(25)13-8-9-14-38-6/h2*10-12,19-21H,8-9,13-18H2,1-7H3/t2*20?,21-/m00/s1. The van der Waals surface area contributed by atoms with E-state index in [1.54, 1.807) is 77.7 Å². The van der Waals surface area contributed by atoms with E-state index in [1.807, 2.05) is 61.1 Å². The summed E-state index contributed by atoms with van der Waals surface area (Å²) in [6.45, 7) is 22.8. The van der Waals surface area contributed by atoms with Crippen molar-refractivity contribution >= 4 is 81.2 Å². The molecule has 2 aliphatic rings. The van der Waals surface area contributed by atoms with Crippen molar-refractivity contribution in [2.24, 2.45) is 23.7 Å². The number of imidazole rings is 2. The van der Waals surface area contributed by atoms with Gasteiger partial charge in [-0.15, -0.1) is 0 Å². The average Bonchev–Trinajstić information content (AvgIpc) is 3.98. The number of benzene rings is 2. The molecule has 2 aromatic heterocycles. The summed E-state index contributed by atoms with van der Waals surface area (Å²) in [5.74, 6) is -1.77. The van der Waals surface area contributed by atoms with Crippen LogP contribution in [-0.4, -0.2) is 179 Å². The molecule has 4 amide bonds. The summed E-state index contributed by atoms with van der Waals surface area (Å²) < 4.78 is 35.5. The molecule has 20 nitrogen and oxygen atoms in total. The van der Waals surface area contributed by atoms with Crippen LogP contribution >= 0.6 is 23.2 Å². The molecule has 4 heterocycles. The van der Waals surface area contributed by atoms with Crippen LogP contribution in [0.3, 0.4) is 0 Å². The van der Waals surface area contributed by atoms with Gasteiger partial charge in [0.05, 0.1) is 64.7 Å². The first-order valence-electron chi connectivity index (χ1n) is 27.7. The van der Waals surface area contributed by atoms with E-state index >= 15 is 0 Å². The van der Waals surface area contributed by atoms with Crippen LogP contribution in [0.4, 0.5) is 9.59 Å². The highest BCUT2D eigenvalue weighted by atomic mass is 35.5. The van der Waals surface area contributed by atoms with Crippen LogP contribution in [0.15, 0.2) is 36.4 Å². The van der Waals surface area contributed by atoms with E-state index in [9.17, 15) is 28.8 Å². The third-order valence-corrected chi connectivity index (χ3v) is 14.2. The van der Waals surface area contributed by atoms with Gasteiger partial charge in [-0.1, -0.05) is 63.0 Å². The Morgan fingerprint density at radius 2 is 1.04 bits per heavy atom. The van der Waals surface area contributed by atoms with E-state index in [1.165, 1.54) is 24.0 Å². The molecule has 80 heavy (non-hydrogen) atoms. The largest absolute Gasteiger partial charge is 0.469 e. The summed E-state index contributed by atoms with van der Waals surface area (Å²) in [5.41, 5.74) is 1.29. The lowest BCUT2D eigenvalue weighted by atomic mass is 9.92. The molecule has 2 aliphatic heterocycles. The Kier molecular flexibility index (Phi) is 23.9. The summed E-state index contributed by atoms with van der Waals surface area (Å²) in [7, 11) is 5.99. The quantitative estimate of drug-likeness (QED) is 0.0459. The Hall–Kier alpha value is -5.70. The van der Waals surface area contributed by atoms with E-state index in [0.29, 0.717) is 78.8 Å². The van der Waals surface area contributed by atoms with E-state index in [0.717, 1.165) is 31.2 Å². The fourth-order valence-electron chi connectivity index (χ4n) is 10.1. The number of ether oxygens (including phenoxy) is 6. The van der Waals surface area contributed by atoms with Crippen molar-refractivity contribution in [3.05, 3.63) is 58.1 Å². The maximum absolute atomic E-state index is 14.3. The van der Waals surface area contributed by atoms with Crippen molar-refractivity contribution < 1.29 is 57.2 Å². The molecular weight excluding hydrogens is 1070 g/mol. The molecule has 2 fully saturated rings. The van der Waals surface area contributed by atoms with Crippen molar-refractivity contribution in [1.29, 1.82) is 0 Å². The summed E-state index contributed by atoms with van der Waals surface area (Å²) in [6, 6.07) is 10.1. The SMILES string of the molecule is COCCCCn1c(C(=O)N(CC(C)C)[C@H]2CC(C(=O)OC)CN(C(=O)OC(C)(C)C)C2)nc2c(Cl)cccc21.COCCCCn1c(C(=O)N(CC(C)C)[C@H]2CC(C(=O)OC)CN(C(=O)OC(C)(C)C)C2)nc2cccc(Cl)c21. The van der Waals surface area contributed by atoms with Crippen LogP contribution in [0.2, 0.25) is 10.0 Å². The highest BCUT2D eigenvalue weighted by Crippen LogP contribution is 2.32. The van der Waals surface area contributed by atoms with Crippen molar-refractivity contribution in [2.75, 3.05) is 80.9 Å². The van der Waals surface area contributed by atoms with E-state index in [-0.39, 0.29) is 61.5 Å². The number of amides is 4. The van der Waals surface area contributed by atoms with Crippen molar-refractivity contribution in [3.8, 4) is 0 Å². The summed E-state index contributed by atoms with van der Waals surface area (Å²) in [6.07, 6.45) is 2.87. The van der Waals surface area contributed by atoms with Gasteiger partial charge in [-0.3, -0.25) is 19.2 Å². The van der Waals surface area contributed by atoms with Crippen LogP contribution < -0.4 is 0 Å². The zero-order valence-corrected chi connectivity index (χ0v) is 51.0. The van der Waals surface area contributed by atoms with E-state index in [2.05, 4.69) is 0 Å². The number of hydrogen-bond acceptors (Lipinski definition) is 14. The highest BCUT2D eigenvalue weighted by molar-refractivity contribution is 6.35. The number of likely N-dealkylation sites (tertiary alicyclic amines) is 2. The maximum Gasteiger partial charge on any atom is 0.410 e. The number of nitrogens with zero attached hydrogens (tertiary/aromatic N) is 8. The summed E-state index contributed by atoms with van der Waals surface area (Å²) in [5, 5.41) is 0.989. The topological polar surface area (TPSA) is 206 Å². The lowest BCUT2D eigenvalue weighted by molar-refractivity contribution is -0.149. The average molecular weight is 1160 g/mol. The van der Waals surface area contributed by atoms with Gasteiger partial charge in [0.1, 0.15) is 16.7 Å². The number of esters is 2. The van der Waals surface area contributed by atoms with Gasteiger partial charge in [-0.05, 0) is 116 Å². The third kappa shape index (κ3) is 17.7. The van der Waals surface area contributed by atoms with Gasteiger partial charge in [0, 0.05) is 79.8 Å². The molecular formula is C58H86Cl2N8O12. The van der Waals surface area contributed by atoms with Gasteiger partial charge in [0.2, 0.25) is 0 Å². The Bertz CT molecular complexity index is 2660. The summed E-state index contributed by atoms with van der Waals surface area (Å²) >= 11 is 13.1. The number of carbonyl (C=O) groups excluding carboxylic acids is 6. The number of aryl methyl sites for hydroxylation is 2. The predicted octanol–water partition coefficient (Wildman–Crippen LogP) is 10.0. The number of unbranched alkanes of at least 4 members (excludes halogenated alkanes) is 2. The zero-order chi connectivity index (χ0) is 59.2. The number of piperidine rings is 2. The minimum atomic E-state index is -0.703. The molecule has 2 unspecified atom stereocenters. The minimum Gasteiger partial charge on any atom is -0.469 e. The molecule has 0 spiro atoms. The number of hydrogen-bond donors (Lipinski definition) is 0. The first kappa shape index (κ1) is 65.1. The third-order valence-electron chi connectivity index (χ3n) is 13.5. The van der Waals surface area contributed by atoms with Gasteiger partial charge in [0.25, 0.3) is 11.8 Å². The van der Waals surface area contributed by atoms with Gasteiger partial charge in [-0.25, -0.2) is 19.6 Å². The molecule has 2 saturated heterocycles. The number of fused-ring (bicyclic) bond motifs is 2. The van der Waals surface area contributed by atoms with Gasteiger partial charge < -0.3 is 57.2 Å². The molecule has 0 radical (unpaired) electrons. The Morgan fingerprint density at radius 3 is 1.48 bits per heavy atom. The van der Waals surface area contributed by atoms with Crippen LogP contribution in [-0.2, 0) is 51.1 Å². The van der Waals surface area contributed by atoms with Crippen LogP contribution in [0.5, 0.6) is 0 Å². The monoisotopic (exact) mass is 1160 g/mol. The maximum atomic E-state index is 14.3. The zero-order valence-electron chi connectivity index (χ0n) is 49.5. The van der Waals surface area contributed by atoms with E-state index < -0.39 is 59.2 Å². The molecule has 4 aromatic rings. The minimum absolute atomic E-state index is 0.126. The Morgan fingerprint density at radius 1 is 0.600 bits per heavy atom. The number of carbonyl (C=O) groups is 6. The Balaban J connectivity index is 0.000000294. The number of rotatable bonds is 20. The van der Waals surface area contributed by atoms with Crippen LogP contribution in [0.25, 0.3) is 22.1 Å². The predicted molar refractivity (Wildman–Crippen MR) is 307 cm³/mol. The second-order valence-electron chi connectivity index (χ2n) is 23.5. The Labute approximate surface area is 481 Å². The van der Waals surface area contributed by atoms with Gasteiger partial charge in [-0.2, -0.15) is 0 Å². The lowest BCUT2D eigenvalue weighted by Gasteiger charge is -2.42. The number of halogens is 2. The first-order valence-corrected chi connectivity index (χ1v) is 28.5. The smallest absolute Gasteiger partial charge is 0.410 e.